The van der Waals surface area contributed by atoms with Gasteiger partial charge in [0.2, 0.25) is 0 Å². The molecule has 3 heteroatoms. The minimum atomic E-state index is -2.33. The van der Waals surface area contributed by atoms with E-state index in [0.717, 1.165) is 7.25 Å². The van der Waals surface area contributed by atoms with Gasteiger partial charge in [0.05, 0.1) is 0 Å². The molecule has 1 aromatic rings. The first-order valence-electron chi connectivity index (χ1n) is 9.68. The van der Waals surface area contributed by atoms with E-state index in [2.05, 4.69) is 77.1 Å². The largest absolute Gasteiger partial charge is 1.00 e. The maximum Gasteiger partial charge on any atom is -1.00 e. The molecule has 4 rings (SSSR count). The Labute approximate surface area is 176 Å². The molecule has 3 atom stereocenters. The van der Waals surface area contributed by atoms with Crippen molar-refractivity contribution in [1.82, 2.24) is 0 Å². The van der Waals surface area contributed by atoms with Crippen molar-refractivity contribution in [3.05, 3.63) is 62.0 Å². The van der Waals surface area contributed by atoms with Gasteiger partial charge in [0.1, 0.15) is 0 Å². The Kier molecular flexibility index (Phi) is 6.92. The molecule has 1 aliphatic heterocycles. The Morgan fingerprint density at radius 3 is 2.23 bits per heavy atom. The molecule has 0 radical (unpaired) electrons. The van der Waals surface area contributed by atoms with Crippen LogP contribution in [0.2, 0.25) is 7.75 Å². The van der Waals surface area contributed by atoms with Crippen LogP contribution in [0.1, 0.15) is 55.8 Å². The summed E-state index contributed by atoms with van der Waals surface area (Å²) in [6.07, 6.45) is 8.85. The number of halogens is 2. The summed E-state index contributed by atoms with van der Waals surface area (Å²) >= 11 is -2.33. The average molecular weight is 469 g/mol. The number of hydrogen-bond acceptors (Lipinski definition) is 0. The van der Waals surface area contributed by atoms with Crippen LogP contribution in [0.15, 0.2) is 50.8 Å². The monoisotopic (exact) mass is 466 g/mol. The second-order valence-corrected chi connectivity index (χ2v) is 20.2. The van der Waals surface area contributed by atoms with Crippen molar-refractivity contribution in [3.63, 3.8) is 0 Å². The predicted octanol–water partition coefficient (Wildman–Crippen LogP) is 1.05. The van der Waals surface area contributed by atoms with Crippen LogP contribution in [0.25, 0.3) is 6.08 Å². The zero-order chi connectivity index (χ0) is 17.1. The first-order valence-corrected chi connectivity index (χ1v) is 15.5. The van der Waals surface area contributed by atoms with Crippen LogP contribution in [0.3, 0.4) is 0 Å². The van der Waals surface area contributed by atoms with Crippen molar-refractivity contribution in [3.8, 4) is 0 Å². The first-order chi connectivity index (χ1) is 11.5. The van der Waals surface area contributed by atoms with Gasteiger partial charge in [-0.15, -0.1) is 0 Å². The summed E-state index contributed by atoms with van der Waals surface area (Å²) in [6, 6.07) is 9.15. The van der Waals surface area contributed by atoms with E-state index in [4.69, 9.17) is 0 Å². The molecule has 2 aliphatic carbocycles. The van der Waals surface area contributed by atoms with E-state index in [1.807, 2.05) is 3.28 Å². The number of allylic oxidation sites excluding steroid dienone is 5. The third-order valence-electron chi connectivity index (χ3n) is 6.64. The predicted molar refractivity (Wildman–Crippen MR) is 102 cm³/mol. The van der Waals surface area contributed by atoms with Gasteiger partial charge in [-0.05, 0) is 0 Å². The summed E-state index contributed by atoms with van der Waals surface area (Å²) in [5, 5.41) is 0. The zero-order valence-electron chi connectivity index (χ0n) is 16.5. The fourth-order valence-electron chi connectivity index (χ4n) is 5.46. The molecule has 1 saturated heterocycles. The molecule has 0 spiro atoms. The Hall–Kier alpha value is -0.0969. The Balaban J connectivity index is 0.00000121. The molecule has 0 N–H and O–H groups in total. The van der Waals surface area contributed by atoms with Crippen molar-refractivity contribution in [2.75, 3.05) is 0 Å². The summed E-state index contributed by atoms with van der Waals surface area (Å²) in [7, 11) is 0. The molecular weight excluding hydrogens is 438 g/mol. The van der Waals surface area contributed by atoms with Crippen LogP contribution in [-0.4, -0.2) is 0 Å². The summed E-state index contributed by atoms with van der Waals surface area (Å²) in [4.78, 5) is 0. The molecule has 0 saturated carbocycles. The van der Waals surface area contributed by atoms with Crippen molar-refractivity contribution < 1.29 is 45.1 Å². The average Bonchev–Trinajstić information content (AvgIpc) is 2.96. The van der Waals surface area contributed by atoms with E-state index < -0.39 is 20.3 Å². The topological polar surface area (TPSA) is 0 Å². The van der Waals surface area contributed by atoms with Gasteiger partial charge in [-0.1, -0.05) is 0 Å². The van der Waals surface area contributed by atoms with E-state index in [0.29, 0.717) is 11.8 Å². The minimum absolute atomic E-state index is 0. The molecule has 0 bridgehead atoms. The molecule has 3 unspecified atom stereocenters. The normalized spacial score (nSPS) is 26.3. The quantitative estimate of drug-likeness (QED) is 0.620. The van der Waals surface area contributed by atoms with E-state index in [9.17, 15) is 0 Å². The summed E-state index contributed by atoms with van der Waals surface area (Å²) in [5.41, 5.74) is 6.58. The van der Waals surface area contributed by atoms with Gasteiger partial charge in [0.25, 0.3) is 0 Å². The van der Waals surface area contributed by atoms with E-state index in [1.165, 1.54) is 12.0 Å². The van der Waals surface area contributed by atoms with Gasteiger partial charge in [0, 0.05) is 0 Å². The Morgan fingerprint density at radius 1 is 1.00 bits per heavy atom. The Morgan fingerprint density at radius 2 is 1.65 bits per heavy atom. The molecule has 0 nitrogen and oxygen atoms in total. The molecule has 3 aliphatic rings. The third-order valence-corrected chi connectivity index (χ3v) is 21.2. The maximum absolute atomic E-state index is 2.59. The molecule has 140 valence electrons. The molecule has 1 fully saturated rings. The molecule has 1 heterocycles. The van der Waals surface area contributed by atoms with Gasteiger partial charge in [-0.3, -0.25) is 0 Å². The summed E-state index contributed by atoms with van der Waals surface area (Å²) in [5.74, 6) is 1.35. The van der Waals surface area contributed by atoms with Crippen LogP contribution in [0, 0.1) is 11.8 Å². The van der Waals surface area contributed by atoms with Crippen molar-refractivity contribution in [2.45, 2.75) is 52.4 Å². The second-order valence-electron chi connectivity index (χ2n) is 8.68. The van der Waals surface area contributed by atoms with Gasteiger partial charge in [-0.2, -0.15) is 0 Å². The minimum Gasteiger partial charge on any atom is -1.00 e. The smallest absolute Gasteiger partial charge is 1.00 e. The van der Waals surface area contributed by atoms with Gasteiger partial charge >= 0.3 is 153 Å². The van der Waals surface area contributed by atoms with Crippen LogP contribution < -0.4 is 24.8 Å². The zero-order valence-corrected chi connectivity index (χ0v) is 20.5. The fourth-order valence-corrected chi connectivity index (χ4v) is 22.6. The number of benzene rings is 1. The summed E-state index contributed by atoms with van der Waals surface area (Å²) in [6.45, 7) is 12.1. The maximum atomic E-state index is 2.59. The van der Waals surface area contributed by atoms with Gasteiger partial charge in [-0.25, -0.2) is 0 Å². The van der Waals surface area contributed by atoms with Gasteiger partial charge < -0.3 is 24.8 Å². The van der Waals surface area contributed by atoms with Crippen LogP contribution >= 0.6 is 0 Å². The van der Waals surface area contributed by atoms with Crippen molar-refractivity contribution in [1.29, 1.82) is 0 Å². The summed E-state index contributed by atoms with van der Waals surface area (Å²) < 4.78 is 5.32. The van der Waals surface area contributed by atoms with Crippen molar-refractivity contribution in [2.24, 2.45) is 11.8 Å². The second kappa shape index (κ2) is 8.10. The number of fused-ring (bicyclic) bond motifs is 1. The van der Waals surface area contributed by atoms with Crippen molar-refractivity contribution >= 4 is 6.08 Å². The van der Waals surface area contributed by atoms with Gasteiger partial charge in [0.15, 0.2) is 0 Å². The standard InChI is InChI=1S/C11H17.C9H7.C3H6.2ClH.Zr/c1-8(2)10-6-5-7-11(10)9(3)4;1-2-5-9-7-3-6-8(9)4-1;1-3-2;;;/h6,8-9H,5H2,1-4H3;1-7H;3H,1H2,2H3;2*1H;/q;;;;;+2/p-2. The molecule has 1 aromatic carbocycles. The SMILES string of the molecule is CC(C)C1=CC[C]([Zr+2]2([CH]3C=Cc4ccccc43)[CH2][CH]2C)=C1C(C)C.[Cl-].[Cl-]. The number of hydrogen-bond donors (Lipinski definition) is 0. The fraction of sp³-hybridized carbons (Fsp3) is 0.478. The molecular formula is C23H30Cl2Zr. The van der Waals surface area contributed by atoms with E-state index in [-0.39, 0.29) is 24.8 Å². The van der Waals surface area contributed by atoms with E-state index in [1.54, 1.807) is 20.8 Å². The molecule has 0 amide bonds. The first kappa shape index (κ1) is 22.2. The molecule has 26 heavy (non-hydrogen) atoms. The van der Waals surface area contributed by atoms with E-state index >= 15 is 0 Å². The van der Waals surface area contributed by atoms with Crippen LogP contribution in [0.4, 0.5) is 0 Å². The molecule has 0 aromatic heterocycles. The van der Waals surface area contributed by atoms with Crippen LogP contribution in [-0.2, 0) is 20.3 Å². The third kappa shape index (κ3) is 3.27. The van der Waals surface area contributed by atoms with Crippen LogP contribution in [0.5, 0.6) is 0 Å². The number of rotatable bonds is 4. The Bertz CT molecular complexity index is 772.